The Hall–Kier alpha value is -0.760. The van der Waals surface area contributed by atoms with Crippen molar-refractivity contribution in [2.75, 3.05) is 13.1 Å². The molecule has 0 atom stereocenters. The van der Waals surface area contributed by atoms with Crippen molar-refractivity contribution in [2.45, 2.75) is 19.8 Å². The van der Waals surface area contributed by atoms with E-state index in [2.05, 4.69) is 58.2 Å². The molecule has 2 heteroatoms. The molecule has 0 N–H and O–H groups in total. The first-order valence-electron chi connectivity index (χ1n) is 5.44. The van der Waals surface area contributed by atoms with Crippen LogP contribution in [0.5, 0.6) is 0 Å². The van der Waals surface area contributed by atoms with Gasteiger partial charge in [-0.15, -0.1) is 0 Å². The van der Waals surface area contributed by atoms with Gasteiger partial charge in [-0.05, 0) is 43.0 Å². The number of hydrogen-bond donors (Lipinski definition) is 0. The van der Waals surface area contributed by atoms with Gasteiger partial charge in [0.05, 0.1) is 0 Å². The van der Waals surface area contributed by atoms with Crippen molar-refractivity contribution in [1.82, 2.24) is 4.90 Å². The van der Waals surface area contributed by atoms with E-state index in [1.165, 1.54) is 37.1 Å². The van der Waals surface area contributed by atoms with Gasteiger partial charge in [-0.25, -0.2) is 0 Å². The highest BCUT2D eigenvalue weighted by atomic mass is 79.9. The molecule has 80 valence electrons. The number of hydrogen-bond acceptors (Lipinski definition) is 1. The molecule has 1 fully saturated rings. The van der Waals surface area contributed by atoms with E-state index < -0.39 is 0 Å². The molecule has 2 rings (SSSR count). The van der Waals surface area contributed by atoms with Crippen molar-refractivity contribution < 1.29 is 0 Å². The normalized spacial score (nSPS) is 17.2. The lowest BCUT2D eigenvalue weighted by atomic mass is 10.1. The molecule has 0 saturated carbocycles. The maximum Gasteiger partial charge on any atom is 0.0181 e. The first-order valence-corrected chi connectivity index (χ1v) is 6.23. The molecule has 1 nitrogen and oxygen atoms in total. The SMILES string of the molecule is CC(=CN1CCCC1)c1cccc(Br)c1. The van der Waals surface area contributed by atoms with E-state index in [9.17, 15) is 0 Å². The molecule has 1 aromatic carbocycles. The van der Waals surface area contributed by atoms with Crippen LogP contribution in [0, 0.1) is 0 Å². The number of likely N-dealkylation sites (tertiary alicyclic amines) is 1. The van der Waals surface area contributed by atoms with Gasteiger partial charge in [-0.3, -0.25) is 0 Å². The summed E-state index contributed by atoms with van der Waals surface area (Å²) in [6, 6.07) is 8.47. The lowest BCUT2D eigenvalue weighted by Crippen LogP contribution is -2.11. The van der Waals surface area contributed by atoms with Gasteiger partial charge in [0.1, 0.15) is 0 Å². The van der Waals surface area contributed by atoms with Crippen LogP contribution in [0.2, 0.25) is 0 Å². The zero-order chi connectivity index (χ0) is 10.7. The predicted octanol–water partition coefficient (Wildman–Crippen LogP) is 3.91. The second-order valence-electron chi connectivity index (χ2n) is 4.07. The van der Waals surface area contributed by atoms with Crippen molar-refractivity contribution in [1.29, 1.82) is 0 Å². The highest BCUT2D eigenvalue weighted by Gasteiger charge is 2.08. The summed E-state index contributed by atoms with van der Waals surface area (Å²) in [7, 11) is 0. The number of nitrogens with zero attached hydrogens (tertiary/aromatic N) is 1. The molecule has 0 aromatic heterocycles. The highest BCUT2D eigenvalue weighted by molar-refractivity contribution is 9.10. The quantitative estimate of drug-likeness (QED) is 0.784. The van der Waals surface area contributed by atoms with E-state index in [0.717, 1.165) is 4.47 Å². The Morgan fingerprint density at radius 2 is 2.07 bits per heavy atom. The molecule has 0 spiro atoms. The van der Waals surface area contributed by atoms with Gasteiger partial charge in [-0.1, -0.05) is 28.1 Å². The maximum atomic E-state index is 3.50. The number of halogens is 1. The largest absolute Gasteiger partial charge is 0.377 e. The van der Waals surface area contributed by atoms with Crippen LogP contribution in [-0.2, 0) is 0 Å². The second-order valence-corrected chi connectivity index (χ2v) is 4.98. The summed E-state index contributed by atoms with van der Waals surface area (Å²) in [5.41, 5.74) is 2.65. The van der Waals surface area contributed by atoms with Crippen LogP contribution in [0.3, 0.4) is 0 Å². The van der Waals surface area contributed by atoms with E-state index in [-0.39, 0.29) is 0 Å². The van der Waals surface area contributed by atoms with Crippen molar-refractivity contribution >= 4 is 21.5 Å². The minimum atomic E-state index is 1.15. The van der Waals surface area contributed by atoms with Gasteiger partial charge in [0.2, 0.25) is 0 Å². The molecule has 0 unspecified atom stereocenters. The van der Waals surface area contributed by atoms with Gasteiger partial charge < -0.3 is 4.90 Å². The molecule has 0 radical (unpaired) electrons. The van der Waals surface area contributed by atoms with Crippen molar-refractivity contribution in [3.8, 4) is 0 Å². The van der Waals surface area contributed by atoms with Crippen molar-refractivity contribution in [3.63, 3.8) is 0 Å². The summed E-state index contributed by atoms with van der Waals surface area (Å²) in [4.78, 5) is 2.41. The molecule has 0 aliphatic carbocycles. The number of benzene rings is 1. The zero-order valence-electron chi connectivity index (χ0n) is 9.04. The van der Waals surface area contributed by atoms with Gasteiger partial charge >= 0.3 is 0 Å². The summed E-state index contributed by atoms with van der Waals surface area (Å²) in [6.07, 6.45) is 4.96. The van der Waals surface area contributed by atoms with E-state index in [1.54, 1.807) is 0 Å². The number of allylic oxidation sites excluding steroid dienone is 1. The Morgan fingerprint density at radius 1 is 1.33 bits per heavy atom. The molecule has 1 aliphatic heterocycles. The summed E-state index contributed by atoms with van der Waals surface area (Å²) in [6.45, 7) is 4.61. The number of rotatable bonds is 2. The Morgan fingerprint density at radius 3 is 2.73 bits per heavy atom. The topological polar surface area (TPSA) is 3.24 Å². The molecule has 1 aliphatic rings. The van der Waals surface area contributed by atoms with Crippen LogP contribution in [0.15, 0.2) is 34.9 Å². The van der Waals surface area contributed by atoms with Gasteiger partial charge in [0.25, 0.3) is 0 Å². The minimum absolute atomic E-state index is 1.15. The van der Waals surface area contributed by atoms with E-state index in [1.807, 2.05) is 0 Å². The average molecular weight is 266 g/mol. The predicted molar refractivity (Wildman–Crippen MR) is 68.6 cm³/mol. The fourth-order valence-electron chi connectivity index (χ4n) is 1.95. The van der Waals surface area contributed by atoms with Gasteiger partial charge in [0, 0.05) is 23.8 Å². The van der Waals surface area contributed by atoms with Gasteiger partial charge in [-0.2, -0.15) is 0 Å². The van der Waals surface area contributed by atoms with Crippen LogP contribution in [-0.4, -0.2) is 18.0 Å². The van der Waals surface area contributed by atoms with Crippen LogP contribution in [0.25, 0.3) is 5.57 Å². The zero-order valence-corrected chi connectivity index (χ0v) is 10.6. The molecular formula is C13H16BrN. The third-order valence-corrected chi connectivity index (χ3v) is 3.29. The maximum absolute atomic E-state index is 3.50. The summed E-state index contributed by atoms with van der Waals surface area (Å²) in [5, 5.41) is 0. The monoisotopic (exact) mass is 265 g/mol. The summed E-state index contributed by atoms with van der Waals surface area (Å²) >= 11 is 3.50. The van der Waals surface area contributed by atoms with Crippen molar-refractivity contribution in [3.05, 3.63) is 40.5 Å². The van der Waals surface area contributed by atoms with Crippen LogP contribution >= 0.6 is 15.9 Å². The lowest BCUT2D eigenvalue weighted by Gasteiger charge is -2.13. The Kier molecular flexibility index (Phi) is 3.47. The van der Waals surface area contributed by atoms with E-state index >= 15 is 0 Å². The minimum Gasteiger partial charge on any atom is -0.377 e. The summed E-state index contributed by atoms with van der Waals surface area (Å²) < 4.78 is 1.15. The Labute approximate surface area is 99.9 Å². The Bertz CT molecular complexity index is 365. The second kappa shape index (κ2) is 4.84. The van der Waals surface area contributed by atoms with Crippen LogP contribution in [0.4, 0.5) is 0 Å². The molecule has 15 heavy (non-hydrogen) atoms. The van der Waals surface area contributed by atoms with Crippen molar-refractivity contribution in [2.24, 2.45) is 0 Å². The first kappa shape index (κ1) is 10.7. The smallest absolute Gasteiger partial charge is 0.0181 e. The molecule has 0 amide bonds. The third-order valence-electron chi connectivity index (χ3n) is 2.80. The fraction of sp³-hybridized carbons (Fsp3) is 0.385. The molecule has 1 heterocycles. The molecule has 0 bridgehead atoms. The van der Waals surface area contributed by atoms with Crippen LogP contribution < -0.4 is 0 Å². The standard InChI is InChI=1S/C13H16BrN/c1-11(10-15-7-2-3-8-15)12-5-4-6-13(14)9-12/h4-6,9-10H,2-3,7-8H2,1H3. The van der Waals surface area contributed by atoms with E-state index in [0.29, 0.717) is 0 Å². The van der Waals surface area contributed by atoms with E-state index in [4.69, 9.17) is 0 Å². The first-order chi connectivity index (χ1) is 7.25. The fourth-order valence-corrected chi connectivity index (χ4v) is 2.35. The lowest BCUT2D eigenvalue weighted by molar-refractivity contribution is 0.469. The third kappa shape index (κ3) is 2.85. The average Bonchev–Trinajstić information content (AvgIpc) is 2.70. The summed E-state index contributed by atoms with van der Waals surface area (Å²) in [5.74, 6) is 0. The highest BCUT2D eigenvalue weighted by Crippen LogP contribution is 2.20. The van der Waals surface area contributed by atoms with Gasteiger partial charge in [0.15, 0.2) is 0 Å². The molecule has 1 aromatic rings. The molecule has 1 saturated heterocycles. The Balaban J connectivity index is 2.15. The van der Waals surface area contributed by atoms with Crippen LogP contribution in [0.1, 0.15) is 25.3 Å². The molecular weight excluding hydrogens is 250 g/mol.